The van der Waals surface area contributed by atoms with Gasteiger partial charge in [0.25, 0.3) is 5.91 Å². The Morgan fingerprint density at radius 2 is 2.04 bits per heavy atom. The Morgan fingerprint density at radius 3 is 2.81 bits per heavy atom. The summed E-state index contributed by atoms with van der Waals surface area (Å²) in [7, 11) is 0. The summed E-state index contributed by atoms with van der Waals surface area (Å²) in [5.41, 5.74) is 1.22. The van der Waals surface area contributed by atoms with Crippen molar-refractivity contribution in [3.63, 3.8) is 0 Å². The molecule has 26 heavy (non-hydrogen) atoms. The average Bonchev–Trinajstić information content (AvgIpc) is 2.60. The fourth-order valence-corrected chi connectivity index (χ4v) is 3.02. The second-order valence-electron chi connectivity index (χ2n) is 6.50. The molecule has 6 nitrogen and oxygen atoms in total. The normalized spacial score (nSPS) is 14.7. The molecule has 0 unspecified atom stereocenters. The molecule has 1 aliphatic rings. The summed E-state index contributed by atoms with van der Waals surface area (Å²) in [6.45, 7) is 1.71. The maximum absolute atomic E-state index is 13.3. The molecule has 0 aliphatic heterocycles. The third kappa shape index (κ3) is 5.40. The van der Waals surface area contributed by atoms with Crippen LogP contribution < -0.4 is 15.4 Å². The average molecular weight is 358 g/mol. The number of rotatable bonds is 6. The van der Waals surface area contributed by atoms with Crippen molar-refractivity contribution in [1.82, 2.24) is 15.3 Å². The molecule has 2 N–H and O–H groups in total. The third-order valence-corrected chi connectivity index (χ3v) is 4.23. The smallest absolute Gasteiger partial charge is 0.258 e. The highest BCUT2D eigenvalue weighted by Crippen LogP contribution is 2.19. The summed E-state index contributed by atoms with van der Waals surface area (Å²) in [4.78, 5) is 20.5. The van der Waals surface area contributed by atoms with Gasteiger partial charge in [0.15, 0.2) is 6.61 Å². The topological polar surface area (TPSA) is 76.1 Å². The van der Waals surface area contributed by atoms with E-state index in [4.69, 9.17) is 4.74 Å². The summed E-state index contributed by atoms with van der Waals surface area (Å²) in [6, 6.07) is 7.93. The van der Waals surface area contributed by atoms with Crippen LogP contribution in [-0.2, 0) is 4.79 Å². The van der Waals surface area contributed by atoms with Crippen molar-refractivity contribution in [2.45, 2.75) is 45.1 Å². The number of ether oxygens (including phenoxy) is 1. The Hall–Kier alpha value is -2.70. The van der Waals surface area contributed by atoms with Crippen molar-refractivity contribution in [3.05, 3.63) is 41.8 Å². The second-order valence-corrected chi connectivity index (χ2v) is 6.50. The maximum atomic E-state index is 13.3. The van der Waals surface area contributed by atoms with Crippen molar-refractivity contribution in [3.8, 4) is 5.88 Å². The van der Waals surface area contributed by atoms with Crippen LogP contribution in [0.1, 0.15) is 37.8 Å². The summed E-state index contributed by atoms with van der Waals surface area (Å²) in [5, 5.41) is 5.94. The Bertz CT molecular complexity index is 763. The van der Waals surface area contributed by atoms with Gasteiger partial charge in [-0.15, -0.1) is 0 Å². The van der Waals surface area contributed by atoms with Gasteiger partial charge in [-0.25, -0.2) is 9.37 Å². The second kappa shape index (κ2) is 8.60. The molecular weight excluding hydrogens is 335 g/mol. The summed E-state index contributed by atoms with van der Waals surface area (Å²) in [5.74, 6) is 0.0970. The molecule has 138 valence electrons. The number of anilines is 2. The fourth-order valence-electron chi connectivity index (χ4n) is 3.02. The van der Waals surface area contributed by atoms with Gasteiger partial charge in [-0.2, -0.15) is 4.98 Å². The summed E-state index contributed by atoms with van der Waals surface area (Å²) >= 11 is 0. The fraction of sp³-hybridized carbons (Fsp3) is 0.421. The lowest BCUT2D eigenvalue weighted by Crippen LogP contribution is -2.39. The zero-order valence-electron chi connectivity index (χ0n) is 14.8. The number of benzene rings is 1. The Kier molecular flexibility index (Phi) is 5.99. The highest BCUT2D eigenvalue weighted by Gasteiger charge is 2.16. The van der Waals surface area contributed by atoms with Crippen molar-refractivity contribution in [1.29, 1.82) is 0 Å². The van der Waals surface area contributed by atoms with Gasteiger partial charge in [0.1, 0.15) is 5.82 Å². The molecule has 2 aromatic rings. The lowest BCUT2D eigenvalue weighted by atomic mass is 9.95. The molecule has 0 radical (unpaired) electrons. The Labute approximate surface area is 152 Å². The predicted molar refractivity (Wildman–Crippen MR) is 97.0 cm³/mol. The number of halogens is 1. The van der Waals surface area contributed by atoms with Crippen LogP contribution in [0.2, 0.25) is 0 Å². The third-order valence-electron chi connectivity index (χ3n) is 4.23. The number of nitrogens with zero attached hydrogens (tertiary/aromatic N) is 2. The SMILES string of the molecule is Cc1cc(OCC(=O)NC2CCCCC2)nc(Nc2cccc(F)c2)n1. The van der Waals surface area contributed by atoms with Gasteiger partial charge < -0.3 is 15.4 Å². The molecule has 0 spiro atoms. The first-order chi connectivity index (χ1) is 12.6. The molecule has 1 fully saturated rings. The molecule has 7 heteroatoms. The molecule has 1 saturated carbocycles. The highest BCUT2D eigenvalue weighted by atomic mass is 19.1. The van der Waals surface area contributed by atoms with Crippen LogP contribution in [0, 0.1) is 12.7 Å². The van der Waals surface area contributed by atoms with E-state index in [1.54, 1.807) is 25.1 Å². The van der Waals surface area contributed by atoms with Gasteiger partial charge in [-0.1, -0.05) is 25.3 Å². The number of hydrogen-bond donors (Lipinski definition) is 2. The molecule has 0 atom stereocenters. The van der Waals surface area contributed by atoms with Crippen LogP contribution in [0.3, 0.4) is 0 Å². The largest absolute Gasteiger partial charge is 0.467 e. The molecule has 1 aliphatic carbocycles. The molecule has 3 rings (SSSR count). The summed E-state index contributed by atoms with van der Waals surface area (Å²) in [6.07, 6.45) is 5.61. The van der Waals surface area contributed by atoms with E-state index >= 15 is 0 Å². The van der Waals surface area contributed by atoms with Crippen LogP contribution in [-0.4, -0.2) is 28.5 Å². The van der Waals surface area contributed by atoms with Crippen molar-refractivity contribution in [2.24, 2.45) is 0 Å². The number of carbonyl (C=O) groups is 1. The monoisotopic (exact) mass is 358 g/mol. The van der Waals surface area contributed by atoms with Gasteiger partial charge in [0.2, 0.25) is 11.8 Å². The van der Waals surface area contributed by atoms with Crippen LogP contribution in [0.5, 0.6) is 5.88 Å². The van der Waals surface area contributed by atoms with E-state index in [9.17, 15) is 9.18 Å². The van der Waals surface area contributed by atoms with Crippen molar-refractivity contribution >= 4 is 17.5 Å². The van der Waals surface area contributed by atoms with Crippen LogP contribution >= 0.6 is 0 Å². The van der Waals surface area contributed by atoms with Crippen molar-refractivity contribution < 1.29 is 13.9 Å². The number of aromatic nitrogens is 2. The van der Waals surface area contributed by atoms with E-state index in [2.05, 4.69) is 20.6 Å². The van der Waals surface area contributed by atoms with Gasteiger partial charge in [-0.05, 0) is 38.0 Å². The Balaban J connectivity index is 1.57. The first-order valence-corrected chi connectivity index (χ1v) is 8.89. The molecule has 1 aromatic heterocycles. The number of amides is 1. The first-order valence-electron chi connectivity index (χ1n) is 8.89. The van der Waals surface area contributed by atoms with Crippen LogP contribution in [0.15, 0.2) is 30.3 Å². The quantitative estimate of drug-likeness (QED) is 0.827. The van der Waals surface area contributed by atoms with Gasteiger partial charge >= 0.3 is 0 Å². The summed E-state index contributed by atoms with van der Waals surface area (Å²) < 4.78 is 18.8. The van der Waals surface area contributed by atoms with E-state index in [1.165, 1.54) is 18.6 Å². The van der Waals surface area contributed by atoms with Crippen molar-refractivity contribution in [2.75, 3.05) is 11.9 Å². The van der Waals surface area contributed by atoms with Crippen LogP contribution in [0.4, 0.5) is 16.0 Å². The van der Waals surface area contributed by atoms with Gasteiger partial charge in [0.05, 0.1) is 0 Å². The molecule has 1 heterocycles. The van der Waals surface area contributed by atoms with E-state index in [1.807, 2.05) is 0 Å². The zero-order chi connectivity index (χ0) is 18.4. The standard InChI is InChI=1S/C19H23FN4O2/c1-13-10-18(26-12-17(25)22-15-7-3-2-4-8-15)24-19(21-13)23-16-9-5-6-14(20)11-16/h5-6,9-11,15H,2-4,7-8,12H2,1H3,(H,22,25)(H,21,23,24). The molecule has 0 saturated heterocycles. The first kappa shape index (κ1) is 18.1. The minimum absolute atomic E-state index is 0.0909. The molecular formula is C19H23FN4O2. The Morgan fingerprint density at radius 1 is 1.23 bits per heavy atom. The maximum Gasteiger partial charge on any atom is 0.258 e. The molecule has 1 aromatic carbocycles. The number of hydrogen-bond acceptors (Lipinski definition) is 5. The van der Waals surface area contributed by atoms with E-state index in [-0.39, 0.29) is 24.4 Å². The minimum atomic E-state index is -0.349. The van der Waals surface area contributed by atoms with Gasteiger partial charge in [-0.3, -0.25) is 4.79 Å². The van der Waals surface area contributed by atoms with E-state index < -0.39 is 0 Å². The van der Waals surface area contributed by atoms with Crippen LogP contribution in [0.25, 0.3) is 0 Å². The molecule has 0 bridgehead atoms. The molecule has 1 amide bonds. The number of carbonyl (C=O) groups excluding carboxylic acids is 1. The van der Waals surface area contributed by atoms with E-state index in [0.29, 0.717) is 23.2 Å². The predicted octanol–water partition coefficient (Wildman–Crippen LogP) is 3.50. The number of aryl methyl sites for hydroxylation is 1. The lowest BCUT2D eigenvalue weighted by molar-refractivity contribution is -0.124. The van der Waals surface area contributed by atoms with Gasteiger partial charge in [0, 0.05) is 23.5 Å². The van der Waals surface area contributed by atoms with E-state index in [0.717, 1.165) is 25.7 Å². The minimum Gasteiger partial charge on any atom is -0.467 e. The number of nitrogens with one attached hydrogen (secondary N) is 2. The zero-order valence-corrected chi connectivity index (χ0v) is 14.8. The highest BCUT2D eigenvalue weighted by molar-refractivity contribution is 5.77. The lowest BCUT2D eigenvalue weighted by Gasteiger charge is -2.22.